The van der Waals surface area contributed by atoms with E-state index in [0.717, 1.165) is 34.6 Å². The Labute approximate surface area is 153 Å². The molecule has 1 aromatic rings. The second-order valence-electron chi connectivity index (χ2n) is 6.67. The number of imide groups is 2. The largest absolute Gasteiger partial charge is 0.491 e. The van der Waals surface area contributed by atoms with Crippen LogP contribution in [0.2, 0.25) is 0 Å². The summed E-state index contributed by atoms with van der Waals surface area (Å²) in [4.78, 5) is 38.8. The molecule has 6 nitrogen and oxygen atoms in total. The van der Waals surface area contributed by atoms with Crippen LogP contribution in [-0.2, 0) is 9.59 Å². The molecule has 6 heteroatoms. The first-order valence-corrected chi connectivity index (χ1v) is 9.11. The van der Waals surface area contributed by atoms with Crippen LogP contribution in [0.4, 0.5) is 4.79 Å². The highest BCUT2D eigenvalue weighted by atomic mass is 16.5. The molecule has 0 N–H and O–H groups in total. The normalized spacial score (nSPS) is 17.7. The van der Waals surface area contributed by atoms with Gasteiger partial charge in [-0.1, -0.05) is 29.8 Å². The van der Waals surface area contributed by atoms with E-state index >= 15 is 0 Å². The molecule has 4 amide bonds. The summed E-state index contributed by atoms with van der Waals surface area (Å²) < 4.78 is 5.64. The molecule has 0 spiro atoms. The van der Waals surface area contributed by atoms with Gasteiger partial charge >= 0.3 is 17.8 Å². The van der Waals surface area contributed by atoms with E-state index < -0.39 is 17.8 Å². The van der Waals surface area contributed by atoms with Gasteiger partial charge < -0.3 is 4.74 Å². The molecule has 2 aliphatic rings. The summed E-state index contributed by atoms with van der Waals surface area (Å²) in [5, 5.41) is 0. The molecule has 1 fully saturated rings. The first-order chi connectivity index (χ1) is 12.6. The van der Waals surface area contributed by atoms with Crippen LogP contribution in [0.15, 0.2) is 35.9 Å². The second kappa shape index (κ2) is 8.17. The van der Waals surface area contributed by atoms with E-state index in [1.165, 1.54) is 12.0 Å². The molecule has 1 aliphatic carbocycles. The third-order valence-corrected chi connectivity index (χ3v) is 4.84. The zero-order chi connectivity index (χ0) is 18.5. The molecule has 0 aromatic heterocycles. The van der Waals surface area contributed by atoms with E-state index in [-0.39, 0.29) is 19.7 Å². The maximum Gasteiger partial charge on any atom is 0.334 e. The topological polar surface area (TPSA) is 66.9 Å². The highest BCUT2D eigenvalue weighted by Gasteiger charge is 2.43. The van der Waals surface area contributed by atoms with Crippen molar-refractivity contribution in [2.75, 3.05) is 19.7 Å². The van der Waals surface area contributed by atoms with Crippen molar-refractivity contribution >= 4 is 17.8 Å². The van der Waals surface area contributed by atoms with Crippen molar-refractivity contribution in [1.29, 1.82) is 0 Å². The molecule has 0 bridgehead atoms. The highest BCUT2D eigenvalue weighted by Crippen LogP contribution is 2.22. The number of nitrogens with zero attached hydrogens (tertiary/aromatic N) is 2. The number of amides is 4. The van der Waals surface area contributed by atoms with E-state index in [0.29, 0.717) is 12.2 Å². The van der Waals surface area contributed by atoms with Gasteiger partial charge in [0.2, 0.25) is 0 Å². The van der Waals surface area contributed by atoms with Gasteiger partial charge in [0.1, 0.15) is 12.4 Å². The second-order valence-corrected chi connectivity index (χ2v) is 6.67. The number of para-hydroxylation sites is 1. The summed E-state index contributed by atoms with van der Waals surface area (Å²) in [6.45, 7) is 2.42. The Morgan fingerprint density at radius 2 is 1.73 bits per heavy atom. The minimum Gasteiger partial charge on any atom is -0.491 e. The van der Waals surface area contributed by atoms with Gasteiger partial charge in [-0.05, 0) is 50.7 Å². The lowest BCUT2D eigenvalue weighted by molar-refractivity contribution is -0.143. The summed E-state index contributed by atoms with van der Waals surface area (Å²) in [7, 11) is 0. The van der Waals surface area contributed by atoms with Gasteiger partial charge in [-0.2, -0.15) is 0 Å². The number of hydrogen-bond donors (Lipinski definition) is 0. The number of urea groups is 1. The smallest absolute Gasteiger partial charge is 0.334 e. The van der Waals surface area contributed by atoms with Gasteiger partial charge in [-0.3, -0.25) is 19.4 Å². The van der Waals surface area contributed by atoms with Gasteiger partial charge in [0.15, 0.2) is 0 Å². The van der Waals surface area contributed by atoms with Gasteiger partial charge in [-0.25, -0.2) is 4.79 Å². The van der Waals surface area contributed by atoms with Crippen LogP contribution in [0.5, 0.6) is 5.75 Å². The molecular formula is C20H24N2O4. The number of allylic oxidation sites excluding steroid dienone is 1. The Kier molecular flexibility index (Phi) is 5.71. The Morgan fingerprint density at radius 3 is 2.42 bits per heavy atom. The van der Waals surface area contributed by atoms with Crippen molar-refractivity contribution in [3.63, 3.8) is 0 Å². The lowest BCUT2D eigenvalue weighted by Crippen LogP contribution is -2.36. The third-order valence-electron chi connectivity index (χ3n) is 4.84. The van der Waals surface area contributed by atoms with Crippen LogP contribution in [0.25, 0.3) is 0 Å². The van der Waals surface area contributed by atoms with Crippen molar-refractivity contribution < 1.29 is 19.1 Å². The average molecular weight is 356 g/mol. The van der Waals surface area contributed by atoms with Gasteiger partial charge in [0.25, 0.3) is 0 Å². The predicted molar refractivity (Wildman–Crippen MR) is 96.7 cm³/mol. The third kappa shape index (κ3) is 3.95. The minimum absolute atomic E-state index is 0.0664. The summed E-state index contributed by atoms with van der Waals surface area (Å²) in [5.74, 6) is -0.790. The Balaban J connectivity index is 1.54. The molecule has 1 heterocycles. The molecule has 0 unspecified atom stereocenters. The molecule has 138 valence electrons. The van der Waals surface area contributed by atoms with Gasteiger partial charge in [0.05, 0.1) is 6.54 Å². The quantitative estimate of drug-likeness (QED) is 0.428. The summed E-state index contributed by atoms with van der Waals surface area (Å²) in [6, 6.07) is 6.99. The molecular weight excluding hydrogens is 332 g/mol. The summed E-state index contributed by atoms with van der Waals surface area (Å²) in [6.07, 6.45) is 7.24. The number of benzene rings is 1. The number of carbonyl (C=O) groups excluding carboxylic acids is 3. The maximum absolute atomic E-state index is 12.4. The Morgan fingerprint density at radius 1 is 1.00 bits per heavy atom. The zero-order valence-corrected chi connectivity index (χ0v) is 15.1. The van der Waals surface area contributed by atoms with Gasteiger partial charge in [0, 0.05) is 6.54 Å². The SMILES string of the molecule is Cc1ccccc1OCCN1C(=O)C(=O)N(CCC2=CCCCC2)C1=O. The van der Waals surface area contributed by atoms with Crippen molar-refractivity contribution in [1.82, 2.24) is 9.80 Å². The fourth-order valence-electron chi connectivity index (χ4n) is 3.30. The number of carbonyl (C=O) groups is 3. The van der Waals surface area contributed by atoms with Crippen molar-refractivity contribution in [3.8, 4) is 5.75 Å². The molecule has 1 aromatic carbocycles. The molecule has 0 atom stereocenters. The van der Waals surface area contributed by atoms with Crippen LogP contribution in [0.3, 0.4) is 0 Å². The number of aryl methyl sites for hydroxylation is 1. The van der Waals surface area contributed by atoms with E-state index in [1.807, 2.05) is 31.2 Å². The number of rotatable bonds is 7. The van der Waals surface area contributed by atoms with Crippen LogP contribution in [0.1, 0.15) is 37.7 Å². The lowest BCUT2D eigenvalue weighted by atomic mass is 9.97. The van der Waals surface area contributed by atoms with Crippen LogP contribution in [0, 0.1) is 6.92 Å². The summed E-state index contributed by atoms with van der Waals surface area (Å²) in [5.41, 5.74) is 2.25. The molecule has 3 rings (SSSR count). The molecule has 1 saturated heterocycles. The Bertz CT molecular complexity index is 741. The predicted octanol–water partition coefficient (Wildman–Crippen LogP) is 3.06. The van der Waals surface area contributed by atoms with Crippen molar-refractivity contribution in [3.05, 3.63) is 41.5 Å². The van der Waals surface area contributed by atoms with E-state index in [2.05, 4.69) is 6.08 Å². The van der Waals surface area contributed by atoms with Gasteiger partial charge in [-0.15, -0.1) is 0 Å². The van der Waals surface area contributed by atoms with E-state index in [9.17, 15) is 14.4 Å². The molecule has 1 aliphatic heterocycles. The number of ether oxygens (including phenoxy) is 1. The first-order valence-electron chi connectivity index (χ1n) is 9.11. The maximum atomic E-state index is 12.4. The molecule has 26 heavy (non-hydrogen) atoms. The van der Waals surface area contributed by atoms with Crippen molar-refractivity contribution in [2.24, 2.45) is 0 Å². The average Bonchev–Trinajstić information content (AvgIpc) is 2.85. The first kappa shape index (κ1) is 18.2. The standard InChI is InChI=1S/C20H24N2O4/c1-15-7-5-6-10-17(15)26-14-13-22-19(24)18(23)21(20(22)25)12-11-16-8-3-2-4-9-16/h5-8,10H,2-4,9,11-14H2,1H3. The number of hydrogen-bond acceptors (Lipinski definition) is 4. The zero-order valence-electron chi connectivity index (χ0n) is 15.1. The van der Waals surface area contributed by atoms with E-state index in [4.69, 9.17) is 4.74 Å². The van der Waals surface area contributed by atoms with Crippen molar-refractivity contribution in [2.45, 2.75) is 39.0 Å². The highest BCUT2D eigenvalue weighted by molar-refractivity contribution is 6.44. The van der Waals surface area contributed by atoms with Crippen LogP contribution < -0.4 is 4.74 Å². The van der Waals surface area contributed by atoms with Crippen LogP contribution >= 0.6 is 0 Å². The monoisotopic (exact) mass is 356 g/mol. The summed E-state index contributed by atoms with van der Waals surface area (Å²) >= 11 is 0. The fraction of sp³-hybridized carbons (Fsp3) is 0.450. The molecule has 0 radical (unpaired) electrons. The minimum atomic E-state index is -0.763. The van der Waals surface area contributed by atoms with E-state index in [1.54, 1.807) is 0 Å². The Hall–Kier alpha value is -2.63. The fourth-order valence-corrected chi connectivity index (χ4v) is 3.30. The van der Waals surface area contributed by atoms with Crippen LogP contribution in [-0.4, -0.2) is 47.3 Å². The lowest BCUT2D eigenvalue weighted by Gasteiger charge is -2.18. The molecule has 0 saturated carbocycles.